The number of hydrogen-bond donors (Lipinski definition) is 0. The molecule has 2 amide bonds. The molecule has 140 valence electrons. The van der Waals surface area contributed by atoms with E-state index in [1.165, 1.54) is 4.90 Å². The zero-order valence-electron chi connectivity index (χ0n) is 15.1. The van der Waals surface area contributed by atoms with E-state index in [0.717, 1.165) is 51.5 Å². The van der Waals surface area contributed by atoms with Gasteiger partial charge >= 0.3 is 0 Å². The molecule has 0 radical (unpaired) electrons. The maximum atomic E-state index is 12.3. The molecule has 2 aliphatic heterocycles. The van der Waals surface area contributed by atoms with E-state index in [1.807, 2.05) is 6.07 Å². The van der Waals surface area contributed by atoms with Gasteiger partial charge in [-0.1, -0.05) is 0 Å². The Hall–Kier alpha value is -2.87. The summed E-state index contributed by atoms with van der Waals surface area (Å²) >= 11 is 0. The van der Waals surface area contributed by atoms with Gasteiger partial charge in [-0.15, -0.1) is 0 Å². The van der Waals surface area contributed by atoms with Gasteiger partial charge in [-0.25, -0.2) is 9.97 Å². The summed E-state index contributed by atoms with van der Waals surface area (Å²) in [6, 6.07) is 5.18. The molecule has 0 atom stereocenters. The minimum atomic E-state index is -0.271. The molecule has 0 spiro atoms. The van der Waals surface area contributed by atoms with Crippen molar-refractivity contribution < 1.29 is 9.59 Å². The van der Waals surface area contributed by atoms with Crippen LogP contribution < -0.4 is 4.90 Å². The molecular weight excluding hydrogens is 344 g/mol. The average molecular weight is 366 g/mol. The summed E-state index contributed by atoms with van der Waals surface area (Å²) in [4.78, 5) is 43.2. The second-order valence-electron chi connectivity index (χ2n) is 6.75. The Bertz CT molecular complexity index is 785. The summed E-state index contributed by atoms with van der Waals surface area (Å²) in [5.74, 6) is 0.294. The molecule has 0 saturated carbocycles. The molecule has 1 saturated heterocycles. The zero-order valence-corrected chi connectivity index (χ0v) is 15.1. The predicted molar refractivity (Wildman–Crippen MR) is 99.5 cm³/mol. The Morgan fingerprint density at radius 1 is 0.815 bits per heavy atom. The lowest BCUT2D eigenvalue weighted by Gasteiger charge is -2.34. The molecular formula is C19H22N6O2. The highest BCUT2D eigenvalue weighted by Gasteiger charge is 2.35. The van der Waals surface area contributed by atoms with Crippen LogP contribution in [0.4, 0.5) is 5.95 Å². The van der Waals surface area contributed by atoms with E-state index in [9.17, 15) is 9.59 Å². The van der Waals surface area contributed by atoms with Gasteiger partial charge in [0.1, 0.15) is 5.69 Å². The van der Waals surface area contributed by atoms with Gasteiger partial charge in [-0.3, -0.25) is 24.4 Å². The second-order valence-corrected chi connectivity index (χ2v) is 6.75. The molecule has 4 heterocycles. The Balaban J connectivity index is 1.20. The molecule has 0 aromatic carbocycles. The normalized spacial score (nSPS) is 17.5. The number of nitrogens with zero attached hydrogens (tertiary/aromatic N) is 6. The molecule has 27 heavy (non-hydrogen) atoms. The van der Waals surface area contributed by atoms with Crippen LogP contribution in [0.1, 0.15) is 33.7 Å². The molecule has 2 aliphatic rings. The summed E-state index contributed by atoms with van der Waals surface area (Å²) < 4.78 is 0. The maximum absolute atomic E-state index is 12.3. The summed E-state index contributed by atoms with van der Waals surface area (Å²) in [6.07, 6.45) is 6.83. The van der Waals surface area contributed by atoms with E-state index in [2.05, 4.69) is 24.8 Å². The molecule has 0 unspecified atom stereocenters. The lowest BCUT2D eigenvalue weighted by atomic mass is 10.2. The fraction of sp³-hybridized carbons (Fsp3) is 0.421. The lowest BCUT2D eigenvalue weighted by molar-refractivity contribution is 0.0648. The van der Waals surface area contributed by atoms with Gasteiger partial charge in [0.15, 0.2) is 0 Å². The van der Waals surface area contributed by atoms with E-state index < -0.39 is 0 Å². The maximum Gasteiger partial charge on any atom is 0.280 e. The van der Waals surface area contributed by atoms with Gasteiger partial charge in [0.25, 0.3) is 11.8 Å². The molecule has 0 aliphatic carbocycles. The third-order valence-electron chi connectivity index (χ3n) is 5.04. The average Bonchev–Trinajstić information content (AvgIpc) is 2.97. The van der Waals surface area contributed by atoms with Gasteiger partial charge < -0.3 is 4.90 Å². The van der Waals surface area contributed by atoms with Crippen LogP contribution in [0.15, 0.2) is 36.8 Å². The largest absolute Gasteiger partial charge is 0.338 e. The van der Waals surface area contributed by atoms with Crippen LogP contribution in [0.5, 0.6) is 0 Å². The topological polar surface area (TPSA) is 82.5 Å². The first-order valence-electron chi connectivity index (χ1n) is 9.29. The fourth-order valence-electron chi connectivity index (χ4n) is 3.55. The summed E-state index contributed by atoms with van der Waals surface area (Å²) in [6.45, 7) is 5.17. The number of piperazine rings is 1. The van der Waals surface area contributed by atoms with Crippen molar-refractivity contribution in [3.63, 3.8) is 0 Å². The van der Waals surface area contributed by atoms with Crippen LogP contribution in [-0.2, 0) is 0 Å². The highest BCUT2D eigenvalue weighted by molar-refractivity contribution is 6.20. The highest BCUT2D eigenvalue weighted by Crippen LogP contribution is 2.20. The van der Waals surface area contributed by atoms with Crippen molar-refractivity contribution in [2.45, 2.75) is 12.8 Å². The monoisotopic (exact) mass is 366 g/mol. The molecule has 8 nitrogen and oxygen atoms in total. The van der Waals surface area contributed by atoms with Crippen molar-refractivity contribution in [2.75, 3.05) is 44.2 Å². The van der Waals surface area contributed by atoms with Gasteiger partial charge in [0.2, 0.25) is 5.95 Å². The van der Waals surface area contributed by atoms with Crippen LogP contribution in [0.25, 0.3) is 0 Å². The van der Waals surface area contributed by atoms with E-state index in [4.69, 9.17) is 0 Å². The third kappa shape index (κ3) is 3.66. The molecule has 2 aromatic heterocycles. The van der Waals surface area contributed by atoms with E-state index in [-0.39, 0.29) is 17.5 Å². The van der Waals surface area contributed by atoms with Crippen LogP contribution in [0, 0.1) is 0 Å². The Labute approximate surface area is 157 Å². The van der Waals surface area contributed by atoms with Gasteiger partial charge in [0, 0.05) is 51.3 Å². The Morgan fingerprint density at radius 2 is 1.52 bits per heavy atom. The van der Waals surface area contributed by atoms with Crippen molar-refractivity contribution in [3.8, 4) is 0 Å². The number of rotatable bonds is 6. The lowest BCUT2D eigenvalue weighted by Crippen LogP contribution is -2.47. The fourth-order valence-corrected chi connectivity index (χ4v) is 3.55. The van der Waals surface area contributed by atoms with Crippen molar-refractivity contribution in [3.05, 3.63) is 48.0 Å². The number of aromatic nitrogens is 3. The molecule has 8 heteroatoms. The minimum Gasteiger partial charge on any atom is -0.338 e. The Morgan fingerprint density at radius 3 is 2.26 bits per heavy atom. The second kappa shape index (κ2) is 7.79. The van der Waals surface area contributed by atoms with Gasteiger partial charge in [0.05, 0.1) is 5.56 Å². The minimum absolute atomic E-state index is 0.223. The first kappa shape index (κ1) is 17.5. The number of carbonyl (C=O) groups is 2. The Kier molecular flexibility index (Phi) is 5.06. The summed E-state index contributed by atoms with van der Waals surface area (Å²) in [7, 11) is 0. The standard InChI is InChI=1S/C19H22N6O2/c26-17-15-5-3-6-20-16(15)18(27)25(17)10-2-1-9-23-11-13-24(14-12-23)19-21-7-4-8-22-19/h3-8H,1-2,9-14H2. The number of fused-ring (bicyclic) bond motifs is 1. The number of anilines is 1. The van der Waals surface area contributed by atoms with Gasteiger partial charge in [-0.05, 0) is 37.6 Å². The van der Waals surface area contributed by atoms with Gasteiger partial charge in [-0.2, -0.15) is 0 Å². The van der Waals surface area contributed by atoms with E-state index >= 15 is 0 Å². The smallest absolute Gasteiger partial charge is 0.280 e. The highest BCUT2D eigenvalue weighted by atomic mass is 16.2. The molecule has 2 aromatic rings. The summed E-state index contributed by atoms with van der Waals surface area (Å²) in [5.41, 5.74) is 0.698. The summed E-state index contributed by atoms with van der Waals surface area (Å²) in [5, 5.41) is 0. The molecule has 4 rings (SSSR count). The van der Waals surface area contributed by atoms with Crippen molar-refractivity contribution in [1.82, 2.24) is 24.8 Å². The number of carbonyl (C=O) groups excluding carboxylic acids is 2. The number of hydrogen-bond acceptors (Lipinski definition) is 7. The first-order chi connectivity index (χ1) is 13.2. The van der Waals surface area contributed by atoms with Crippen LogP contribution >= 0.6 is 0 Å². The third-order valence-corrected chi connectivity index (χ3v) is 5.04. The molecule has 0 bridgehead atoms. The van der Waals surface area contributed by atoms with E-state index in [1.54, 1.807) is 30.7 Å². The number of pyridine rings is 1. The van der Waals surface area contributed by atoms with Crippen LogP contribution in [-0.4, -0.2) is 75.8 Å². The van der Waals surface area contributed by atoms with Crippen molar-refractivity contribution >= 4 is 17.8 Å². The SMILES string of the molecule is O=C1c2cccnc2C(=O)N1CCCCN1CCN(c2ncccn2)CC1. The molecule has 0 N–H and O–H groups in total. The van der Waals surface area contributed by atoms with E-state index in [0.29, 0.717) is 12.1 Å². The molecule has 1 fully saturated rings. The van der Waals surface area contributed by atoms with Crippen LogP contribution in [0.2, 0.25) is 0 Å². The quantitative estimate of drug-likeness (QED) is 0.559. The number of amides is 2. The van der Waals surface area contributed by atoms with Crippen molar-refractivity contribution in [1.29, 1.82) is 0 Å². The van der Waals surface area contributed by atoms with Crippen molar-refractivity contribution in [2.24, 2.45) is 0 Å². The predicted octanol–water partition coefficient (Wildman–Crippen LogP) is 1.07. The van der Waals surface area contributed by atoms with Crippen LogP contribution in [0.3, 0.4) is 0 Å². The number of unbranched alkanes of at least 4 members (excludes halogenated alkanes) is 1. The first-order valence-corrected chi connectivity index (χ1v) is 9.29. The zero-order chi connectivity index (χ0) is 18.6. The number of imide groups is 1.